The summed E-state index contributed by atoms with van der Waals surface area (Å²) in [6, 6.07) is 13.0. The van der Waals surface area contributed by atoms with Gasteiger partial charge in [-0.2, -0.15) is 5.26 Å². The number of ether oxygens (including phenoxy) is 4. The van der Waals surface area contributed by atoms with E-state index in [4.69, 9.17) is 24.2 Å². The molecule has 0 aliphatic rings. The van der Waals surface area contributed by atoms with Gasteiger partial charge in [-0.15, -0.1) is 0 Å². The molecular formula is C22H21NO6. The highest BCUT2D eigenvalue weighted by atomic mass is 16.6. The Kier molecular flexibility index (Phi) is 7.80. The van der Waals surface area contributed by atoms with Gasteiger partial charge in [0, 0.05) is 0 Å². The maximum Gasteiger partial charge on any atom is 0.348 e. The summed E-state index contributed by atoms with van der Waals surface area (Å²) < 4.78 is 20.9. The molecule has 2 rings (SSSR count). The van der Waals surface area contributed by atoms with Crippen molar-refractivity contribution in [3.8, 4) is 23.3 Å². The molecule has 0 spiro atoms. The highest BCUT2D eigenvalue weighted by Crippen LogP contribution is 2.30. The van der Waals surface area contributed by atoms with Gasteiger partial charge in [-0.05, 0) is 61.9 Å². The molecule has 0 fully saturated rings. The zero-order valence-electron chi connectivity index (χ0n) is 16.4. The lowest BCUT2D eigenvalue weighted by Crippen LogP contribution is -2.10. The predicted molar refractivity (Wildman–Crippen MR) is 106 cm³/mol. The summed E-state index contributed by atoms with van der Waals surface area (Å²) in [6.07, 6.45) is 1.38. The first-order valence-electron chi connectivity index (χ1n) is 8.94. The Labute approximate surface area is 169 Å². The van der Waals surface area contributed by atoms with Gasteiger partial charge in [-0.1, -0.05) is 6.07 Å². The predicted octanol–water partition coefficient (Wildman–Crippen LogP) is 3.78. The molecule has 29 heavy (non-hydrogen) atoms. The smallest absolute Gasteiger partial charge is 0.348 e. The first-order valence-corrected chi connectivity index (χ1v) is 8.94. The highest BCUT2D eigenvalue weighted by molar-refractivity contribution is 5.98. The van der Waals surface area contributed by atoms with Gasteiger partial charge in [0.25, 0.3) is 0 Å². The molecule has 7 heteroatoms. The van der Waals surface area contributed by atoms with Gasteiger partial charge >= 0.3 is 11.9 Å². The Bertz CT molecular complexity index is 941. The van der Waals surface area contributed by atoms with Crippen LogP contribution < -0.4 is 14.2 Å². The number of benzene rings is 2. The second kappa shape index (κ2) is 10.5. The van der Waals surface area contributed by atoms with Crippen molar-refractivity contribution in [2.45, 2.75) is 13.8 Å². The van der Waals surface area contributed by atoms with E-state index in [0.29, 0.717) is 29.2 Å². The molecular weight excluding hydrogens is 374 g/mol. The minimum atomic E-state index is -0.706. The van der Waals surface area contributed by atoms with Crippen molar-refractivity contribution in [2.24, 2.45) is 0 Å². The van der Waals surface area contributed by atoms with E-state index in [1.54, 1.807) is 56.3 Å². The van der Waals surface area contributed by atoms with Crippen molar-refractivity contribution in [1.29, 1.82) is 5.26 Å². The highest BCUT2D eigenvalue weighted by Gasteiger charge is 2.15. The van der Waals surface area contributed by atoms with Crippen LogP contribution in [0.15, 0.2) is 48.0 Å². The number of nitriles is 1. The van der Waals surface area contributed by atoms with Crippen LogP contribution >= 0.6 is 0 Å². The second-order valence-electron chi connectivity index (χ2n) is 5.65. The fraction of sp³-hybridized carbons (Fsp3) is 0.227. The Balaban J connectivity index is 2.27. The van der Waals surface area contributed by atoms with Crippen LogP contribution in [-0.2, 0) is 9.53 Å². The van der Waals surface area contributed by atoms with Gasteiger partial charge < -0.3 is 18.9 Å². The SMILES string of the molecule is CCOC(=O)/C(C#N)=C/c1ccc(OC(=O)c2ccc(OC)cc2)c(OCC)c1. The summed E-state index contributed by atoms with van der Waals surface area (Å²) in [6.45, 7) is 3.95. The van der Waals surface area contributed by atoms with E-state index in [1.807, 2.05) is 6.07 Å². The van der Waals surface area contributed by atoms with Crippen LogP contribution in [0, 0.1) is 11.3 Å². The summed E-state index contributed by atoms with van der Waals surface area (Å²) in [7, 11) is 1.54. The molecule has 0 unspecified atom stereocenters. The summed E-state index contributed by atoms with van der Waals surface area (Å²) in [5.74, 6) is -0.101. The zero-order valence-corrected chi connectivity index (χ0v) is 16.4. The van der Waals surface area contributed by atoms with Crippen molar-refractivity contribution in [3.63, 3.8) is 0 Å². The van der Waals surface area contributed by atoms with Crippen molar-refractivity contribution in [3.05, 3.63) is 59.2 Å². The average Bonchev–Trinajstić information content (AvgIpc) is 2.74. The standard InChI is InChI=1S/C22H21NO6/c1-4-27-20-13-15(12-17(14-23)21(24)28-5-2)6-11-19(20)29-22(25)16-7-9-18(26-3)10-8-16/h6-13H,4-5H2,1-3H3/b17-12+. The van der Waals surface area contributed by atoms with E-state index in [9.17, 15) is 9.59 Å². The van der Waals surface area contributed by atoms with E-state index in [2.05, 4.69) is 0 Å². The van der Waals surface area contributed by atoms with E-state index >= 15 is 0 Å². The molecule has 2 aromatic rings. The Morgan fingerprint density at radius 2 is 1.76 bits per heavy atom. The molecule has 0 aromatic heterocycles. The van der Waals surface area contributed by atoms with Crippen LogP contribution in [0.25, 0.3) is 6.08 Å². The molecule has 2 aromatic carbocycles. The largest absolute Gasteiger partial charge is 0.497 e. The molecule has 0 N–H and O–H groups in total. The molecule has 0 saturated heterocycles. The molecule has 0 atom stereocenters. The lowest BCUT2D eigenvalue weighted by atomic mass is 10.1. The second-order valence-corrected chi connectivity index (χ2v) is 5.65. The molecule has 0 saturated carbocycles. The molecule has 150 valence electrons. The molecule has 0 heterocycles. The normalized spacial score (nSPS) is 10.6. The third-order valence-corrected chi connectivity index (χ3v) is 3.72. The van der Waals surface area contributed by atoms with Crippen LogP contribution in [0.5, 0.6) is 17.2 Å². The van der Waals surface area contributed by atoms with Crippen molar-refractivity contribution in [2.75, 3.05) is 20.3 Å². The quantitative estimate of drug-likeness (QED) is 0.290. The fourth-order valence-electron chi connectivity index (χ4n) is 2.37. The van der Waals surface area contributed by atoms with Crippen LogP contribution in [-0.4, -0.2) is 32.3 Å². The topological polar surface area (TPSA) is 94.9 Å². The third kappa shape index (κ3) is 5.84. The Morgan fingerprint density at radius 3 is 2.34 bits per heavy atom. The van der Waals surface area contributed by atoms with Crippen molar-refractivity contribution < 1.29 is 28.5 Å². The summed E-state index contributed by atoms with van der Waals surface area (Å²) in [4.78, 5) is 24.2. The van der Waals surface area contributed by atoms with Gasteiger partial charge in [0.2, 0.25) is 0 Å². The monoisotopic (exact) mass is 395 g/mol. The number of nitrogens with zero attached hydrogens (tertiary/aromatic N) is 1. The van der Waals surface area contributed by atoms with Crippen LogP contribution in [0.2, 0.25) is 0 Å². The molecule has 0 aliphatic heterocycles. The zero-order chi connectivity index (χ0) is 21.2. The minimum absolute atomic E-state index is 0.141. The maximum absolute atomic E-state index is 12.4. The summed E-state index contributed by atoms with van der Waals surface area (Å²) >= 11 is 0. The number of rotatable bonds is 8. The number of hydrogen-bond acceptors (Lipinski definition) is 7. The van der Waals surface area contributed by atoms with Gasteiger partial charge in [-0.25, -0.2) is 9.59 Å². The van der Waals surface area contributed by atoms with Crippen molar-refractivity contribution in [1.82, 2.24) is 0 Å². The molecule has 0 radical (unpaired) electrons. The number of carbonyl (C=O) groups excluding carboxylic acids is 2. The van der Waals surface area contributed by atoms with Gasteiger partial charge in [0.1, 0.15) is 17.4 Å². The molecule has 0 bridgehead atoms. The van der Waals surface area contributed by atoms with E-state index < -0.39 is 11.9 Å². The number of methoxy groups -OCH3 is 1. The van der Waals surface area contributed by atoms with E-state index in [-0.39, 0.29) is 17.9 Å². The Morgan fingerprint density at radius 1 is 1.03 bits per heavy atom. The summed E-state index contributed by atoms with van der Waals surface area (Å²) in [5, 5.41) is 9.17. The maximum atomic E-state index is 12.4. The number of carbonyl (C=O) groups is 2. The lowest BCUT2D eigenvalue weighted by Gasteiger charge is -2.12. The van der Waals surface area contributed by atoms with Crippen LogP contribution in [0.1, 0.15) is 29.8 Å². The van der Waals surface area contributed by atoms with Crippen LogP contribution in [0.3, 0.4) is 0 Å². The third-order valence-electron chi connectivity index (χ3n) is 3.72. The van der Waals surface area contributed by atoms with Gasteiger partial charge in [0.15, 0.2) is 11.5 Å². The number of hydrogen-bond donors (Lipinski definition) is 0. The van der Waals surface area contributed by atoms with Gasteiger partial charge in [0.05, 0.1) is 25.9 Å². The first kappa shape index (κ1) is 21.5. The fourth-order valence-corrected chi connectivity index (χ4v) is 2.37. The molecule has 7 nitrogen and oxygen atoms in total. The van der Waals surface area contributed by atoms with E-state index in [1.165, 1.54) is 13.2 Å². The molecule has 0 aliphatic carbocycles. The first-order chi connectivity index (χ1) is 14.0. The van der Waals surface area contributed by atoms with Crippen molar-refractivity contribution >= 4 is 18.0 Å². The van der Waals surface area contributed by atoms with Gasteiger partial charge in [-0.3, -0.25) is 0 Å². The van der Waals surface area contributed by atoms with Crippen LogP contribution in [0.4, 0.5) is 0 Å². The average molecular weight is 395 g/mol. The molecule has 0 amide bonds. The Hall–Kier alpha value is -3.79. The van der Waals surface area contributed by atoms with E-state index in [0.717, 1.165) is 0 Å². The summed E-state index contributed by atoms with van der Waals surface area (Å²) in [5.41, 5.74) is 0.742. The lowest BCUT2D eigenvalue weighted by molar-refractivity contribution is -0.137. The number of esters is 2. The minimum Gasteiger partial charge on any atom is -0.497 e.